The Labute approximate surface area is 323 Å². The van der Waals surface area contributed by atoms with Crippen LogP contribution in [0.1, 0.15) is 26.0 Å². The van der Waals surface area contributed by atoms with Crippen LogP contribution in [0.5, 0.6) is 5.75 Å². The number of carbonyl (C=O) groups excluding carboxylic acids is 3. The van der Waals surface area contributed by atoms with Crippen LogP contribution < -0.4 is 91.5 Å². The number of likely N-dealkylation sites (tertiary alicyclic amines) is 1. The molecule has 0 radical (unpaired) electrons. The number of aliphatic hydroxyl groups excluding tert-OH is 1. The van der Waals surface area contributed by atoms with Crippen LogP contribution in [0, 0.1) is 0 Å². The summed E-state index contributed by atoms with van der Waals surface area (Å²) in [5.41, 5.74) is 0.465. The Balaban J connectivity index is 0.00000417. The number of anilines is 1. The number of hydrogen-bond donors (Lipinski definition) is 5. The molecule has 22 nitrogen and oxygen atoms in total. The standard InChI is InChI=1S/C23H26N10O12S2.2Na/c1-23(2,19(39)40)45-29-15(12-9-46-20(24)27-12)17(37)26-11-8-32(18(11)38)21(41)30-47(43,44)33-22(42)31(4-3-5-34)16(28-33)10-6-13(35)14(36)7-25-10;;/h6-7,9,11,34,36H,3-5,8H2,1-2H3,(H2,24,27)(H,25,35)(H,26,37)(H,30,41)(H,39,40);;/q;2*+1/p-2/b29-15-;;/t11-;;/m0../s1. The Hall–Kier alpha value is -3.62. The largest absolute Gasteiger partial charge is 1.00 e. The second-order valence-corrected chi connectivity index (χ2v) is 12.3. The third kappa shape index (κ3) is 9.14. The first-order valence-electron chi connectivity index (χ1n) is 13.0. The molecule has 0 bridgehead atoms. The summed E-state index contributed by atoms with van der Waals surface area (Å²) < 4.78 is 29.5. The number of carboxylic acid groups (broad SMARTS) is 1. The molecule has 3 aromatic rings. The summed E-state index contributed by atoms with van der Waals surface area (Å²) in [6, 6.07) is -2.22. The molecule has 49 heavy (non-hydrogen) atoms. The molecule has 0 unspecified atom stereocenters. The van der Waals surface area contributed by atoms with Gasteiger partial charge >= 0.3 is 75.0 Å². The summed E-state index contributed by atoms with van der Waals surface area (Å²) in [5.74, 6) is -4.96. The number of thiazole rings is 1. The van der Waals surface area contributed by atoms with Crippen molar-refractivity contribution in [3.05, 3.63) is 44.0 Å². The van der Waals surface area contributed by atoms with Gasteiger partial charge in [-0.3, -0.25) is 19.0 Å². The number of rotatable bonds is 12. The van der Waals surface area contributed by atoms with Crippen LogP contribution in [0.15, 0.2) is 36.8 Å². The third-order valence-corrected chi connectivity index (χ3v) is 7.96. The molecule has 4 rings (SSSR count). The van der Waals surface area contributed by atoms with Crippen molar-refractivity contribution >= 4 is 56.2 Å². The van der Waals surface area contributed by atoms with E-state index >= 15 is 0 Å². The molecule has 2 amide bonds. The molecule has 1 saturated heterocycles. The number of aromatic nitrogens is 5. The van der Waals surface area contributed by atoms with Crippen molar-refractivity contribution in [2.75, 3.05) is 18.9 Å². The molecule has 0 saturated carbocycles. The second kappa shape index (κ2) is 16.4. The van der Waals surface area contributed by atoms with Crippen molar-refractivity contribution in [2.45, 2.75) is 38.5 Å². The number of aromatic amines is 1. The number of nitrogen functional groups attached to an aromatic ring is 1. The summed E-state index contributed by atoms with van der Waals surface area (Å²) >= 11 is 0.908. The minimum Gasteiger partial charge on any atom is -0.845 e. The number of carbonyl (C=O) groups is 3. The second-order valence-electron chi connectivity index (χ2n) is 10.0. The third-order valence-electron chi connectivity index (χ3n) is 6.22. The van der Waals surface area contributed by atoms with Crippen LogP contribution in [0.25, 0.3) is 11.5 Å². The minimum atomic E-state index is -5.25. The van der Waals surface area contributed by atoms with Crippen LogP contribution >= 0.6 is 11.3 Å². The maximum absolute atomic E-state index is 13.0. The van der Waals surface area contributed by atoms with Gasteiger partial charge in [-0.15, -0.1) is 20.8 Å². The molecule has 1 aliphatic rings. The predicted octanol–water partition coefficient (Wildman–Crippen LogP) is -11.4. The number of aliphatic hydroxyl groups is 1. The molecular weight excluding hydrogens is 718 g/mol. The van der Waals surface area contributed by atoms with Crippen molar-refractivity contribution in [1.29, 1.82) is 0 Å². The van der Waals surface area contributed by atoms with Gasteiger partial charge in [-0.25, -0.2) is 9.78 Å². The van der Waals surface area contributed by atoms with E-state index in [1.54, 1.807) is 0 Å². The van der Waals surface area contributed by atoms with Gasteiger partial charge in [-0.05, 0) is 20.3 Å². The van der Waals surface area contributed by atoms with Crippen LogP contribution in [0.2, 0.25) is 0 Å². The summed E-state index contributed by atoms with van der Waals surface area (Å²) in [4.78, 5) is 73.3. The average molecular weight is 743 g/mol. The van der Waals surface area contributed by atoms with Crippen molar-refractivity contribution in [2.24, 2.45) is 9.55 Å². The summed E-state index contributed by atoms with van der Waals surface area (Å²) in [6.07, 6.45) is 0.822. The van der Waals surface area contributed by atoms with Crippen molar-refractivity contribution < 1.29 is 107 Å². The number of amides is 2. The fraction of sp³-hybridized carbons (Fsp3) is 0.348. The van der Waals surface area contributed by atoms with Gasteiger partial charge in [0.25, 0.3) is 11.8 Å². The maximum Gasteiger partial charge on any atom is 1.00 e. The van der Waals surface area contributed by atoms with Crippen LogP contribution in [0.3, 0.4) is 0 Å². The Bertz CT molecular complexity index is 2040. The Morgan fingerprint density at radius 2 is 1.94 bits per heavy atom. The molecule has 0 aromatic carbocycles. The van der Waals surface area contributed by atoms with Gasteiger partial charge in [0.05, 0.1) is 24.2 Å². The van der Waals surface area contributed by atoms with Crippen molar-refractivity contribution in [1.82, 2.24) is 33.9 Å². The summed E-state index contributed by atoms with van der Waals surface area (Å²) in [6.45, 7) is 0.910. The quantitative estimate of drug-likeness (QED) is 0.0378. The van der Waals surface area contributed by atoms with E-state index in [9.17, 15) is 52.8 Å². The van der Waals surface area contributed by atoms with Crippen molar-refractivity contribution in [3.8, 4) is 17.3 Å². The first-order chi connectivity index (χ1) is 22.0. The number of amidine groups is 1. The van der Waals surface area contributed by atoms with E-state index in [4.69, 9.17) is 10.6 Å². The Morgan fingerprint density at radius 1 is 1.27 bits per heavy atom. The van der Waals surface area contributed by atoms with Gasteiger partial charge in [0, 0.05) is 30.8 Å². The van der Waals surface area contributed by atoms with E-state index in [0.717, 1.165) is 42.0 Å². The SMILES string of the molecule is CC(C)(O/N=C(\C(=O)N[C@H]1CN(C([O-])=NS(=O)(=O)n2nc(-c3cc(=O)c(O)c[nH]3)n(CCCO)c2=O)C1=O)c1csc(N)n1)C(=O)[O-].[Na+].[Na+]. The topological polar surface area (TPSA) is 333 Å². The molecule has 3 aromatic heterocycles. The molecule has 26 heteroatoms. The molecule has 4 heterocycles. The molecular formula is C23H24N10Na2O12S2. The number of nitrogens with one attached hydrogen (secondary N) is 2. The molecule has 252 valence electrons. The zero-order valence-corrected chi connectivity index (χ0v) is 31.8. The predicted molar refractivity (Wildman–Crippen MR) is 155 cm³/mol. The average Bonchev–Trinajstić information content (AvgIpc) is 3.57. The van der Waals surface area contributed by atoms with Crippen LogP contribution in [-0.2, 0) is 36.0 Å². The normalized spacial score (nSPS) is 15.1. The number of nitrogens with zero attached hydrogens (tertiary/aromatic N) is 7. The number of oxime groups is 1. The number of β-lactam (4-membered cyclic amide) rings is 1. The number of aliphatic carboxylic acids is 1. The summed E-state index contributed by atoms with van der Waals surface area (Å²) in [7, 11) is -5.25. The summed E-state index contributed by atoms with van der Waals surface area (Å²) in [5, 5.41) is 53.3. The van der Waals surface area contributed by atoms with Gasteiger partial charge in [-0.1, -0.05) is 9.24 Å². The van der Waals surface area contributed by atoms with E-state index in [0.29, 0.717) is 4.90 Å². The molecule has 1 fully saturated rings. The first-order valence-corrected chi connectivity index (χ1v) is 15.3. The number of pyridine rings is 1. The number of nitrogens with two attached hydrogens (primary N) is 1. The number of carboxylic acids is 1. The minimum absolute atomic E-state index is 0. The fourth-order valence-corrected chi connectivity index (χ4v) is 5.06. The fourth-order valence-electron chi connectivity index (χ4n) is 3.67. The van der Waals surface area contributed by atoms with E-state index in [1.807, 2.05) is 0 Å². The molecule has 6 N–H and O–H groups in total. The van der Waals surface area contributed by atoms with E-state index in [-0.39, 0.29) is 92.7 Å². The van der Waals surface area contributed by atoms with Gasteiger partial charge in [0.15, 0.2) is 28.0 Å². The maximum atomic E-state index is 13.0. The number of aromatic hydroxyl groups is 1. The van der Waals surface area contributed by atoms with E-state index in [2.05, 4.69) is 29.9 Å². The Kier molecular flexibility index (Phi) is 13.9. The molecule has 0 aliphatic carbocycles. The zero-order valence-electron chi connectivity index (χ0n) is 26.1. The van der Waals surface area contributed by atoms with Crippen LogP contribution in [-0.4, -0.2) is 102 Å². The van der Waals surface area contributed by atoms with Gasteiger partial charge < -0.3 is 51.0 Å². The van der Waals surface area contributed by atoms with Gasteiger partial charge in [0.2, 0.25) is 5.43 Å². The first kappa shape index (κ1) is 41.6. The Morgan fingerprint density at radius 3 is 2.49 bits per heavy atom. The van der Waals surface area contributed by atoms with Crippen LogP contribution in [0.4, 0.5) is 5.13 Å². The number of hydrogen-bond acceptors (Lipinski definition) is 17. The van der Waals surface area contributed by atoms with Gasteiger partial charge in [-0.2, -0.15) is 8.42 Å². The van der Waals surface area contributed by atoms with Crippen molar-refractivity contribution in [3.63, 3.8) is 0 Å². The molecule has 1 atom stereocenters. The molecule has 0 spiro atoms. The smallest absolute Gasteiger partial charge is 0.845 e. The monoisotopic (exact) mass is 742 g/mol. The van der Waals surface area contributed by atoms with E-state index in [1.165, 1.54) is 5.38 Å². The molecule has 1 aliphatic heterocycles. The van der Waals surface area contributed by atoms with E-state index < -0.39 is 87.2 Å². The van der Waals surface area contributed by atoms with Gasteiger partial charge in [0.1, 0.15) is 11.7 Å². The zero-order chi connectivity index (χ0) is 34.8. The number of H-pyrrole nitrogens is 1.